The molecule has 1 N–H and O–H groups in total. The van der Waals surface area contributed by atoms with Crippen molar-refractivity contribution < 1.29 is 9.47 Å². The van der Waals surface area contributed by atoms with Crippen molar-refractivity contribution >= 4 is 11.9 Å². The van der Waals surface area contributed by atoms with E-state index >= 15 is 0 Å². The first kappa shape index (κ1) is 17.4. The molecule has 7 heteroatoms. The molecule has 0 saturated heterocycles. The van der Waals surface area contributed by atoms with Gasteiger partial charge in [0.25, 0.3) is 0 Å². The first-order chi connectivity index (χ1) is 9.88. The lowest BCUT2D eigenvalue weighted by Crippen LogP contribution is -2.25. The van der Waals surface area contributed by atoms with Crippen molar-refractivity contribution in [3.05, 3.63) is 0 Å². The van der Waals surface area contributed by atoms with Gasteiger partial charge in [0, 0.05) is 34.2 Å². The van der Waals surface area contributed by atoms with Gasteiger partial charge in [-0.05, 0) is 20.3 Å². The number of hydrogen-bond acceptors (Lipinski definition) is 7. The van der Waals surface area contributed by atoms with Gasteiger partial charge in [0.2, 0.25) is 11.9 Å². The quantitative estimate of drug-likeness (QED) is 0.747. The van der Waals surface area contributed by atoms with Crippen molar-refractivity contribution in [1.82, 2.24) is 15.0 Å². The Balaban J connectivity index is 2.73. The highest BCUT2D eigenvalue weighted by Crippen LogP contribution is 2.16. The van der Waals surface area contributed by atoms with Crippen LogP contribution in [0.3, 0.4) is 0 Å². The summed E-state index contributed by atoms with van der Waals surface area (Å²) in [5, 5.41) is 3.15. The Hall–Kier alpha value is -1.63. The van der Waals surface area contributed by atoms with E-state index in [1.807, 2.05) is 32.8 Å². The van der Waals surface area contributed by atoms with Gasteiger partial charge in [0.1, 0.15) is 0 Å². The van der Waals surface area contributed by atoms with Gasteiger partial charge in [-0.15, -0.1) is 0 Å². The average molecular weight is 297 g/mol. The molecule has 0 aliphatic carbocycles. The summed E-state index contributed by atoms with van der Waals surface area (Å²) >= 11 is 0. The van der Waals surface area contributed by atoms with Gasteiger partial charge in [0.15, 0.2) is 0 Å². The Labute approximate surface area is 127 Å². The monoisotopic (exact) mass is 297 g/mol. The zero-order chi connectivity index (χ0) is 15.9. The molecule has 1 rings (SSSR count). The molecule has 0 bridgehead atoms. The molecule has 7 nitrogen and oxygen atoms in total. The molecule has 0 unspecified atom stereocenters. The summed E-state index contributed by atoms with van der Waals surface area (Å²) in [6, 6.07) is 0.333. The number of anilines is 2. The second-order valence-corrected chi connectivity index (χ2v) is 5.63. The second-order valence-electron chi connectivity index (χ2n) is 5.63. The van der Waals surface area contributed by atoms with Crippen LogP contribution in [0.25, 0.3) is 0 Å². The molecule has 0 aliphatic rings. The largest absolute Gasteiger partial charge is 0.463 e. The molecular formula is C14H27N5O2. The Bertz CT molecular complexity index is 437. The summed E-state index contributed by atoms with van der Waals surface area (Å²) in [7, 11) is 5.47. The molecule has 120 valence electrons. The van der Waals surface area contributed by atoms with Crippen LogP contribution in [0.1, 0.15) is 33.6 Å². The first-order valence-corrected chi connectivity index (χ1v) is 7.23. The third-order valence-corrected chi connectivity index (χ3v) is 3.02. The van der Waals surface area contributed by atoms with E-state index in [9.17, 15) is 0 Å². The maximum Gasteiger partial charge on any atom is 0.323 e. The minimum absolute atomic E-state index is 0.222. The van der Waals surface area contributed by atoms with E-state index < -0.39 is 0 Å². The van der Waals surface area contributed by atoms with E-state index in [0.717, 1.165) is 19.4 Å². The number of nitrogens with zero attached hydrogens (tertiary/aromatic N) is 4. The summed E-state index contributed by atoms with van der Waals surface area (Å²) < 4.78 is 11.0. The predicted molar refractivity (Wildman–Crippen MR) is 84.1 cm³/mol. The number of ether oxygens (including phenoxy) is 2. The van der Waals surface area contributed by atoms with Crippen molar-refractivity contribution in [3.63, 3.8) is 0 Å². The summed E-state index contributed by atoms with van der Waals surface area (Å²) in [5.41, 5.74) is -0.222. The molecule has 1 aromatic heterocycles. The molecule has 0 saturated carbocycles. The molecule has 1 aromatic rings. The van der Waals surface area contributed by atoms with Gasteiger partial charge in [-0.1, -0.05) is 6.92 Å². The van der Waals surface area contributed by atoms with Crippen LogP contribution in [-0.4, -0.2) is 54.9 Å². The van der Waals surface area contributed by atoms with E-state index in [1.165, 1.54) is 0 Å². The van der Waals surface area contributed by atoms with Crippen LogP contribution in [-0.2, 0) is 4.74 Å². The van der Waals surface area contributed by atoms with Gasteiger partial charge in [0.05, 0.1) is 12.2 Å². The van der Waals surface area contributed by atoms with E-state index in [4.69, 9.17) is 9.47 Å². The third-order valence-electron chi connectivity index (χ3n) is 3.02. The minimum Gasteiger partial charge on any atom is -0.463 e. The summed E-state index contributed by atoms with van der Waals surface area (Å²) in [5.74, 6) is 1.11. The number of nitrogens with one attached hydrogen (secondary N) is 1. The fourth-order valence-electron chi connectivity index (χ4n) is 1.42. The van der Waals surface area contributed by atoms with Crippen LogP contribution >= 0.6 is 0 Å². The first-order valence-electron chi connectivity index (χ1n) is 7.23. The lowest BCUT2D eigenvalue weighted by molar-refractivity contribution is 0.00468. The van der Waals surface area contributed by atoms with Crippen LogP contribution in [0, 0.1) is 0 Å². The SMILES string of the molecule is CCCNc1nc(OCCC(C)(C)OC)nc(N(C)C)n1. The van der Waals surface area contributed by atoms with Crippen molar-refractivity contribution in [2.24, 2.45) is 0 Å². The molecule has 21 heavy (non-hydrogen) atoms. The van der Waals surface area contributed by atoms with E-state index in [1.54, 1.807) is 7.11 Å². The van der Waals surface area contributed by atoms with E-state index in [0.29, 0.717) is 24.5 Å². The van der Waals surface area contributed by atoms with Crippen LogP contribution < -0.4 is 15.0 Å². The molecule has 0 fully saturated rings. The van der Waals surface area contributed by atoms with E-state index in [2.05, 4.69) is 27.2 Å². The van der Waals surface area contributed by atoms with Crippen LogP contribution in [0.15, 0.2) is 0 Å². The maximum absolute atomic E-state index is 5.65. The van der Waals surface area contributed by atoms with Crippen LogP contribution in [0.5, 0.6) is 6.01 Å². The van der Waals surface area contributed by atoms with Gasteiger partial charge < -0.3 is 19.7 Å². The Morgan fingerprint density at radius 3 is 2.48 bits per heavy atom. The van der Waals surface area contributed by atoms with E-state index in [-0.39, 0.29) is 5.60 Å². The summed E-state index contributed by atoms with van der Waals surface area (Å²) in [6.45, 7) is 7.43. The molecule has 0 aromatic carbocycles. The fourth-order valence-corrected chi connectivity index (χ4v) is 1.42. The van der Waals surface area contributed by atoms with Gasteiger partial charge >= 0.3 is 6.01 Å². The molecule has 0 radical (unpaired) electrons. The highest BCUT2D eigenvalue weighted by molar-refractivity contribution is 5.36. The minimum atomic E-state index is -0.222. The standard InChI is InChI=1S/C14H27N5O2/c1-7-9-15-11-16-12(19(4)5)18-13(17-11)21-10-8-14(2,3)20-6/h7-10H2,1-6H3,(H,15,16,17,18). The number of methoxy groups -OCH3 is 1. The third kappa shape index (κ3) is 6.12. The second kappa shape index (κ2) is 7.97. The van der Waals surface area contributed by atoms with Crippen LogP contribution in [0.4, 0.5) is 11.9 Å². The highest BCUT2D eigenvalue weighted by atomic mass is 16.5. The smallest absolute Gasteiger partial charge is 0.323 e. The molecule has 0 atom stereocenters. The highest BCUT2D eigenvalue weighted by Gasteiger charge is 2.17. The lowest BCUT2D eigenvalue weighted by Gasteiger charge is -2.22. The Morgan fingerprint density at radius 1 is 1.19 bits per heavy atom. The van der Waals surface area contributed by atoms with Crippen molar-refractivity contribution in [3.8, 4) is 6.01 Å². The summed E-state index contributed by atoms with van der Waals surface area (Å²) in [6.07, 6.45) is 1.76. The number of hydrogen-bond donors (Lipinski definition) is 1. The van der Waals surface area contributed by atoms with Gasteiger partial charge in [-0.2, -0.15) is 15.0 Å². The van der Waals surface area contributed by atoms with Crippen molar-refractivity contribution in [1.29, 1.82) is 0 Å². The predicted octanol–water partition coefficient (Wildman–Crippen LogP) is 1.95. The maximum atomic E-state index is 5.65. The van der Waals surface area contributed by atoms with Crippen LogP contribution in [0.2, 0.25) is 0 Å². The van der Waals surface area contributed by atoms with Gasteiger partial charge in [-0.25, -0.2) is 0 Å². The summed E-state index contributed by atoms with van der Waals surface area (Å²) in [4.78, 5) is 14.7. The molecule has 1 heterocycles. The number of rotatable bonds is 9. The molecule has 0 aliphatic heterocycles. The fraction of sp³-hybridized carbons (Fsp3) is 0.786. The Morgan fingerprint density at radius 2 is 1.90 bits per heavy atom. The van der Waals surface area contributed by atoms with Gasteiger partial charge in [-0.3, -0.25) is 0 Å². The van der Waals surface area contributed by atoms with Crippen molar-refractivity contribution in [2.75, 3.05) is 44.6 Å². The molecule has 0 amide bonds. The average Bonchev–Trinajstić information content (AvgIpc) is 2.44. The number of aromatic nitrogens is 3. The zero-order valence-electron chi connectivity index (χ0n) is 13.9. The zero-order valence-corrected chi connectivity index (χ0v) is 13.9. The molecular weight excluding hydrogens is 270 g/mol. The topological polar surface area (TPSA) is 72.4 Å². The lowest BCUT2D eigenvalue weighted by atomic mass is 10.1. The Kier molecular flexibility index (Phi) is 6.61. The van der Waals surface area contributed by atoms with Crippen molar-refractivity contribution in [2.45, 2.75) is 39.2 Å². The normalized spacial score (nSPS) is 11.3. The molecule has 0 spiro atoms.